The van der Waals surface area contributed by atoms with Crippen LogP contribution in [0.25, 0.3) is 0 Å². The molecule has 2 amide bonds. The molecule has 40 heavy (non-hydrogen) atoms. The van der Waals surface area contributed by atoms with Crippen molar-refractivity contribution in [2.24, 2.45) is 0 Å². The number of nitrogens with zero attached hydrogens (tertiary/aromatic N) is 1. The number of ketones is 1. The van der Waals surface area contributed by atoms with Crippen LogP contribution >= 0.6 is 34.8 Å². The largest absolute Gasteiger partial charge is 0.496 e. The average Bonchev–Trinajstić information content (AvgIpc) is 2.90. The van der Waals surface area contributed by atoms with Crippen molar-refractivity contribution in [1.82, 2.24) is 5.32 Å². The number of amides is 2. The fourth-order valence-corrected chi connectivity index (χ4v) is 4.99. The van der Waals surface area contributed by atoms with E-state index in [9.17, 15) is 27.6 Å². The van der Waals surface area contributed by atoms with Gasteiger partial charge in [-0.05, 0) is 72.5 Å². The summed E-state index contributed by atoms with van der Waals surface area (Å²) in [4.78, 5) is 40.6. The molecule has 0 aliphatic carbocycles. The molecule has 1 unspecified atom stereocenters. The molecule has 4 rings (SSSR count). The maximum absolute atomic E-state index is 13.6. The standard InChI is InChI=1S/C28H22Cl3F3N2O4/c1-40-23-9-6-18(29)12-16(23)14-36-22-8-5-17(28(32,33)34)13-19(22)24(25(37)27(36)39)26(38)35-10-2-3-15-4-7-20(30)21(31)11-15/h4-9,11-13,24H,2-3,10,14H2,1H3,(H,35,38). The van der Waals surface area contributed by atoms with E-state index >= 15 is 0 Å². The minimum Gasteiger partial charge on any atom is -0.496 e. The Hall–Kier alpha value is -3.27. The van der Waals surface area contributed by atoms with Crippen LogP contribution in [0.4, 0.5) is 18.9 Å². The fraction of sp³-hybridized carbons (Fsp3) is 0.250. The predicted molar refractivity (Wildman–Crippen MR) is 146 cm³/mol. The van der Waals surface area contributed by atoms with Gasteiger partial charge in [0.25, 0.3) is 5.91 Å². The number of Topliss-reactive ketones (excluding diaryl/α,β-unsaturated/α-hetero) is 1. The molecule has 0 aromatic heterocycles. The number of ether oxygens (including phenoxy) is 1. The predicted octanol–water partition coefficient (Wildman–Crippen LogP) is 6.62. The van der Waals surface area contributed by atoms with Gasteiger partial charge >= 0.3 is 6.18 Å². The second kappa shape index (κ2) is 12.1. The zero-order chi connectivity index (χ0) is 29.2. The first kappa shape index (κ1) is 29.7. The van der Waals surface area contributed by atoms with E-state index in [2.05, 4.69) is 5.32 Å². The third kappa shape index (κ3) is 6.37. The molecule has 0 saturated heterocycles. The number of nitrogens with one attached hydrogen (secondary N) is 1. The maximum atomic E-state index is 13.6. The SMILES string of the molecule is COc1ccc(Cl)cc1CN1C(=O)C(=O)C(C(=O)NCCCc2ccc(Cl)c(Cl)c2)c2cc(C(F)(F)F)ccc21. The van der Waals surface area contributed by atoms with Gasteiger partial charge in [-0.1, -0.05) is 40.9 Å². The van der Waals surface area contributed by atoms with E-state index in [0.29, 0.717) is 39.2 Å². The molecule has 0 fully saturated rings. The summed E-state index contributed by atoms with van der Waals surface area (Å²) >= 11 is 18.0. The highest BCUT2D eigenvalue weighted by Gasteiger charge is 2.44. The molecule has 3 aromatic carbocycles. The van der Waals surface area contributed by atoms with Gasteiger partial charge in [0, 0.05) is 22.8 Å². The molecule has 6 nitrogen and oxygen atoms in total. The number of halogens is 6. The van der Waals surface area contributed by atoms with Crippen LogP contribution in [0.5, 0.6) is 5.75 Å². The molecule has 0 bridgehead atoms. The number of aryl methyl sites for hydroxylation is 1. The smallest absolute Gasteiger partial charge is 0.416 e. The fourth-order valence-electron chi connectivity index (χ4n) is 4.47. The van der Waals surface area contributed by atoms with Crippen molar-refractivity contribution < 1.29 is 32.3 Å². The van der Waals surface area contributed by atoms with Crippen LogP contribution in [0.3, 0.4) is 0 Å². The number of benzene rings is 3. The molecule has 1 heterocycles. The van der Waals surface area contributed by atoms with E-state index in [1.54, 1.807) is 30.3 Å². The van der Waals surface area contributed by atoms with E-state index < -0.39 is 35.3 Å². The molecule has 0 radical (unpaired) electrons. The highest BCUT2D eigenvalue weighted by atomic mass is 35.5. The third-order valence-corrected chi connectivity index (χ3v) is 7.41. The van der Waals surface area contributed by atoms with E-state index in [0.717, 1.165) is 28.7 Å². The summed E-state index contributed by atoms with van der Waals surface area (Å²) in [6.07, 6.45) is -3.78. The third-order valence-electron chi connectivity index (χ3n) is 6.43. The Morgan fingerprint density at radius 2 is 1.75 bits per heavy atom. The van der Waals surface area contributed by atoms with Crippen LogP contribution < -0.4 is 15.0 Å². The first-order valence-corrected chi connectivity index (χ1v) is 13.1. The van der Waals surface area contributed by atoms with Crippen molar-refractivity contribution in [2.45, 2.75) is 31.5 Å². The summed E-state index contributed by atoms with van der Waals surface area (Å²) < 4.78 is 46.1. The van der Waals surface area contributed by atoms with Crippen LogP contribution in [0, 0.1) is 0 Å². The highest BCUT2D eigenvalue weighted by Crippen LogP contribution is 2.40. The van der Waals surface area contributed by atoms with Crippen molar-refractivity contribution in [2.75, 3.05) is 18.6 Å². The van der Waals surface area contributed by atoms with E-state index in [4.69, 9.17) is 39.5 Å². The van der Waals surface area contributed by atoms with Gasteiger partial charge in [-0.3, -0.25) is 14.4 Å². The van der Waals surface area contributed by atoms with Gasteiger partial charge in [0.1, 0.15) is 11.7 Å². The lowest BCUT2D eigenvalue weighted by atomic mass is 9.86. The summed E-state index contributed by atoms with van der Waals surface area (Å²) in [5.74, 6) is -4.43. The quantitative estimate of drug-likeness (QED) is 0.176. The van der Waals surface area contributed by atoms with Gasteiger partial charge in [0.05, 0.1) is 29.3 Å². The highest BCUT2D eigenvalue weighted by molar-refractivity contribution is 6.48. The zero-order valence-corrected chi connectivity index (χ0v) is 23.2. The van der Waals surface area contributed by atoms with Gasteiger partial charge in [-0.2, -0.15) is 13.2 Å². The molecule has 1 aliphatic rings. The maximum Gasteiger partial charge on any atom is 0.416 e. The Kier molecular flexibility index (Phi) is 8.97. The van der Waals surface area contributed by atoms with Gasteiger partial charge in [-0.25, -0.2) is 0 Å². The molecular weight excluding hydrogens is 592 g/mol. The van der Waals surface area contributed by atoms with Crippen LogP contribution in [0.1, 0.15) is 34.6 Å². The lowest BCUT2D eigenvalue weighted by Crippen LogP contribution is -2.48. The first-order chi connectivity index (χ1) is 18.9. The number of fused-ring (bicyclic) bond motifs is 1. The molecule has 1 aliphatic heterocycles. The topological polar surface area (TPSA) is 75.7 Å². The van der Waals surface area contributed by atoms with Crippen molar-refractivity contribution >= 4 is 58.1 Å². The zero-order valence-electron chi connectivity index (χ0n) is 20.9. The van der Waals surface area contributed by atoms with Crippen molar-refractivity contribution in [3.63, 3.8) is 0 Å². The second-order valence-electron chi connectivity index (χ2n) is 9.06. The number of carbonyl (C=O) groups excluding carboxylic acids is 3. The molecule has 0 spiro atoms. The Bertz CT molecular complexity index is 1480. The Morgan fingerprint density at radius 3 is 2.42 bits per heavy atom. The molecular formula is C28H22Cl3F3N2O4. The molecule has 210 valence electrons. The summed E-state index contributed by atoms with van der Waals surface area (Å²) in [6.45, 7) is -0.112. The lowest BCUT2D eigenvalue weighted by Gasteiger charge is -2.33. The van der Waals surface area contributed by atoms with Gasteiger partial charge in [-0.15, -0.1) is 0 Å². The average molecular weight is 614 g/mol. The van der Waals surface area contributed by atoms with Crippen molar-refractivity contribution in [3.05, 3.63) is 91.9 Å². The van der Waals surface area contributed by atoms with Gasteiger partial charge in [0.2, 0.25) is 11.7 Å². The number of methoxy groups -OCH3 is 1. The second-order valence-corrected chi connectivity index (χ2v) is 10.3. The van der Waals surface area contributed by atoms with Crippen LogP contribution in [0.15, 0.2) is 54.6 Å². The Labute approximate surface area is 243 Å². The first-order valence-electron chi connectivity index (χ1n) is 12.0. The number of carbonyl (C=O) groups is 3. The lowest BCUT2D eigenvalue weighted by molar-refractivity contribution is -0.141. The van der Waals surface area contributed by atoms with Crippen LogP contribution in [-0.2, 0) is 33.5 Å². The normalized spacial score (nSPS) is 15.2. The Balaban J connectivity index is 1.61. The molecule has 1 atom stereocenters. The minimum atomic E-state index is -4.73. The van der Waals surface area contributed by atoms with Crippen LogP contribution in [-0.4, -0.2) is 31.3 Å². The summed E-state index contributed by atoms with van der Waals surface area (Å²) in [5.41, 5.74) is 0.0242. The van der Waals surface area contributed by atoms with Crippen LogP contribution in [0.2, 0.25) is 15.1 Å². The van der Waals surface area contributed by atoms with Crippen molar-refractivity contribution in [1.29, 1.82) is 0 Å². The minimum absolute atomic E-state index is 0.00980. The number of alkyl halides is 3. The van der Waals surface area contributed by atoms with E-state index in [-0.39, 0.29) is 24.3 Å². The number of rotatable bonds is 8. The molecule has 0 saturated carbocycles. The van der Waals surface area contributed by atoms with E-state index in [1.807, 2.05) is 0 Å². The van der Waals surface area contributed by atoms with Gasteiger partial charge in [0.15, 0.2) is 0 Å². The summed E-state index contributed by atoms with van der Waals surface area (Å²) in [5, 5.41) is 3.69. The Morgan fingerprint density at radius 1 is 1.00 bits per heavy atom. The molecule has 1 N–H and O–H groups in total. The van der Waals surface area contributed by atoms with Gasteiger partial charge < -0.3 is 15.0 Å². The number of hydrogen-bond donors (Lipinski definition) is 1. The number of anilines is 1. The summed E-state index contributed by atoms with van der Waals surface area (Å²) in [6, 6.07) is 12.4. The summed E-state index contributed by atoms with van der Waals surface area (Å²) in [7, 11) is 1.40. The molecule has 12 heteroatoms. The van der Waals surface area contributed by atoms with E-state index in [1.165, 1.54) is 13.2 Å². The monoisotopic (exact) mass is 612 g/mol. The number of hydrogen-bond acceptors (Lipinski definition) is 4. The van der Waals surface area contributed by atoms with Crippen molar-refractivity contribution in [3.8, 4) is 5.75 Å². The molecule has 3 aromatic rings.